The Morgan fingerprint density at radius 2 is 1.69 bits per heavy atom. The second kappa shape index (κ2) is 10.7. The Bertz CT molecular complexity index is 2250. The zero-order chi connectivity index (χ0) is 31.3. The van der Waals surface area contributed by atoms with E-state index in [0.29, 0.717) is 17.7 Å². The van der Waals surface area contributed by atoms with Crippen LogP contribution in [-0.4, -0.2) is 41.2 Å². The summed E-state index contributed by atoms with van der Waals surface area (Å²) >= 11 is 0. The number of carboxylic acid groups (broad SMARTS) is 1. The maximum atomic E-state index is 14.2. The summed E-state index contributed by atoms with van der Waals surface area (Å²) < 4.78 is 26.7. The van der Waals surface area contributed by atoms with Crippen molar-refractivity contribution in [1.29, 1.82) is 0 Å². The second-order valence-corrected chi connectivity index (χ2v) is 13.7. The number of nitrogens with zero attached hydrogens (tertiary/aromatic N) is 2. The van der Waals surface area contributed by atoms with Gasteiger partial charge in [0.15, 0.2) is 9.84 Å². The van der Waals surface area contributed by atoms with Gasteiger partial charge < -0.3 is 15.0 Å². The molecule has 0 unspecified atom stereocenters. The minimum Gasteiger partial charge on any atom is -0.478 e. The van der Waals surface area contributed by atoms with E-state index in [1.807, 2.05) is 59.3 Å². The maximum Gasteiger partial charge on any atom is 0.335 e. The Labute approximate surface area is 259 Å². The van der Waals surface area contributed by atoms with Gasteiger partial charge in [0, 0.05) is 36.0 Å². The van der Waals surface area contributed by atoms with E-state index in [2.05, 4.69) is 16.4 Å². The normalized spacial score (nSPS) is 14.0. The fourth-order valence-electron chi connectivity index (χ4n) is 5.96. The Hall–Kier alpha value is -5.28. The molecule has 4 aromatic carbocycles. The number of carbonyl (C=O) groups is 2. The molecule has 9 heteroatoms. The Morgan fingerprint density at radius 3 is 2.42 bits per heavy atom. The number of fused-ring (bicyclic) bond motifs is 2. The first-order valence-electron chi connectivity index (χ1n) is 14.5. The number of benzene rings is 4. The molecule has 8 nitrogen and oxygen atoms in total. The van der Waals surface area contributed by atoms with E-state index < -0.39 is 21.3 Å². The van der Waals surface area contributed by atoms with E-state index in [-0.39, 0.29) is 16.4 Å². The molecule has 224 valence electrons. The van der Waals surface area contributed by atoms with Crippen LogP contribution in [0.1, 0.15) is 44.7 Å². The van der Waals surface area contributed by atoms with E-state index in [9.17, 15) is 23.1 Å². The van der Waals surface area contributed by atoms with Crippen LogP contribution < -0.4 is 5.32 Å². The van der Waals surface area contributed by atoms with Gasteiger partial charge in [-0.1, -0.05) is 42.5 Å². The number of pyridine rings is 1. The average molecular weight is 616 g/mol. The van der Waals surface area contributed by atoms with Crippen LogP contribution in [0, 0.1) is 0 Å². The molecule has 0 bridgehead atoms. The molecule has 1 fully saturated rings. The SMILES string of the molecule is CS(=O)(=O)c1cccc(-c2cc(C(=O)NC3(c4ccc(C(=O)O)cc4)CC3)c3c(ccn3Cc3ccc4cccnc4c3)c2)c1. The van der Waals surface area contributed by atoms with Crippen LogP contribution in [0.25, 0.3) is 32.9 Å². The largest absolute Gasteiger partial charge is 0.478 e. The van der Waals surface area contributed by atoms with Crippen molar-refractivity contribution in [3.63, 3.8) is 0 Å². The van der Waals surface area contributed by atoms with Gasteiger partial charge in [-0.3, -0.25) is 9.78 Å². The number of hydrogen-bond donors (Lipinski definition) is 2. The topological polar surface area (TPSA) is 118 Å². The predicted molar refractivity (Wildman–Crippen MR) is 173 cm³/mol. The van der Waals surface area contributed by atoms with E-state index >= 15 is 0 Å². The third kappa shape index (κ3) is 5.47. The monoisotopic (exact) mass is 615 g/mol. The van der Waals surface area contributed by atoms with Crippen molar-refractivity contribution < 1.29 is 23.1 Å². The molecule has 1 amide bonds. The lowest BCUT2D eigenvalue weighted by molar-refractivity contribution is 0.0696. The number of aromatic carboxylic acids is 1. The molecule has 2 heterocycles. The van der Waals surface area contributed by atoms with Gasteiger partial charge >= 0.3 is 5.97 Å². The van der Waals surface area contributed by atoms with Gasteiger partial charge in [-0.05, 0) is 89.7 Å². The summed E-state index contributed by atoms with van der Waals surface area (Å²) in [5.74, 6) is -1.27. The molecule has 0 atom stereocenters. The molecule has 1 aliphatic carbocycles. The molecule has 7 rings (SSSR count). The highest BCUT2D eigenvalue weighted by molar-refractivity contribution is 7.90. The first kappa shape index (κ1) is 28.5. The maximum absolute atomic E-state index is 14.2. The van der Waals surface area contributed by atoms with E-state index in [0.717, 1.165) is 51.3 Å². The molecule has 45 heavy (non-hydrogen) atoms. The van der Waals surface area contributed by atoms with Crippen LogP contribution >= 0.6 is 0 Å². The van der Waals surface area contributed by atoms with Crippen molar-refractivity contribution in [1.82, 2.24) is 14.9 Å². The quantitative estimate of drug-likeness (QED) is 0.204. The van der Waals surface area contributed by atoms with Crippen molar-refractivity contribution in [2.75, 3.05) is 6.26 Å². The van der Waals surface area contributed by atoms with Crippen molar-refractivity contribution in [2.45, 2.75) is 29.8 Å². The fourth-order valence-corrected chi connectivity index (χ4v) is 6.63. The van der Waals surface area contributed by atoms with Gasteiger partial charge in [0.1, 0.15) is 0 Å². The molecule has 0 radical (unpaired) electrons. The summed E-state index contributed by atoms with van der Waals surface area (Å²) in [6.45, 7) is 0.515. The lowest BCUT2D eigenvalue weighted by Crippen LogP contribution is -2.35. The van der Waals surface area contributed by atoms with Crippen LogP contribution in [0.3, 0.4) is 0 Å². The number of nitrogens with one attached hydrogen (secondary N) is 1. The average Bonchev–Trinajstić information content (AvgIpc) is 3.71. The van der Waals surface area contributed by atoms with Gasteiger partial charge in [-0.25, -0.2) is 13.2 Å². The highest BCUT2D eigenvalue weighted by atomic mass is 32.2. The number of hydrogen-bond acceptors (Lipinski definition) is 5. The summed E-state index contributed by atoms with van der Waals surface area (Å²) in [5.41, 5.74) is 5.01. The highest BCUT2D eigenvalue weighted by Crippen LogP contribution is 2.46. The molecule has 2 N–H and O–H groups in total. The molecule has 0 saturated heterocycles. The molecule has 1 aliphatic rings. The second-order valence-electron chi connectivity index (χ2n) is 11.7. The van der Waals surface area contributed by atoms with Crippen LogP contribution in [-0.2, 0) is 21.9 Å². The summed E-state index contributed by atoms with van der Waals surface area (Å²) in [6, 6.07) is 29.2. The Morgan fingerprint density at radius 1 is 0.889 bits per heavy atom. The summed E-state index contributed by atoms with van der Waals surface area (Å²) in [4.78, 5) is 30.3. The minimum atomic E-state index is -3.43. The smallest absolute Gasteiger partial charge is 0.335 e. The van der Waals surface area contributed by atoms with Crippen LogP contribution in [0.4, 0.5) is 0 Å². The molecule has 0 aliphatic heterocycles. The molecular weight excluding hydrogens is 586 g/mol. The molecule has 0 spiro atoms. The van der Waals surface area contributed by atoms with E-state index in [4.69, 9.17) is 0 Å². The number of aromatic nitrogens is 2. The van der Waals surface area contributed by atoms with Crippen molar-refractivity contribution in [3.05, 3.63) is 132 Å². The Balaban J connectivity index is 1.32. The number of rotatable bonds is 8. The standard InChI is InChI=1S/C36H29N3O5S/c1-45(43,44)30-6-2-4-26(20-30)28-19-27-13-17-39(22-23-7-8-24-5-3-16-37-32(24)18-23)33(27)31(21-28)34(40)38-36(14-15-36)29-11-9-25(10-12-29)35(41)42/h2-13,16-21H,14-15,22H2,1H3,(H,38,40)(H,41,42). The number of amides is 1. The van der Waals surface area contributed by atoms with Crippen LogP contribution in [0.15, 0.2) is 114 Å². The predicted octanol–water partition coefficient (Wildman–Crippen LogP) is 6.43. The summed E-state index contributed by atoms with van der Waals surface area (Å²) in [7, 11) is -3.43. The van der Waals surface area contributed by atoms with Crippen LogP contribution in [0.5, 0.6) is 0 Å². The molecule has 2 aromatic heterocycles. The zero-order valence-corrected chi connectivity index (χ0v) is 25.2. The number of carbonyl (C=O) groups excluding carboxylic acids is 1. The summed E-state index contributed by atoms with van der Waals surface area (Å²) in [6.07, 6.45) is 6.36. The third-order valence-corrected chi connectivity index (χ3v) is 9.62. The van der Waals surface area contributed by atoms with Crippen LogP contribution in [0.2, 0.25) is 0 Å². The fraction of sp³-hybridized carbons (Fsp3) is 0.139. The lowest BCUT2D eigenvalue weighted by atomic mass is 9.98. The van der Waals surface area contributed by atoms with Gasteiger partial charge in [-0.2, -0.15) is 0 Å². The minimum absolute atomic E-state index is 0.188. The number of carboxylic acids is 1. The first-order valence-corrected chi connectivity index (χ1v) is 16.4. The Kier molecular flexibility index (Phi) is 6.78. The van der Waals surface area contributed by atoms with E-state index in [1.54, 1.807) is 48.7 Å². The van der Waals surface area contributed by atoms with Gasteiger partial charge in [0.2, 0.25) is 0 Å². The molecule has 6 aromatic rings. The van der Waals surface area contributed by atoms with Crippen molar-refractivity contribution in [2.24, 2.45) is 0 Å². The van der Waals surface area contributed by atoms with Gasteiger partial charge in [0.25, 0.3) is 5.91 Å². The van der Waals surface area contributed by atoms with E-state index in [1.165, 1.54) is 6.26 Å². The van der Waals surface area contributed by atoms with Crippen molar-refractivity contribution in [3.8, 4) is 11.1 Å². The van der Waals surface area contributed by atoms with Gasteiger partial charge in [0.05, 0.1) is 32.6 Å². The number of sulfone groups is 1. The third-order valence-electron chi connectivity index (χ3n) is 8.51. The highest BCUT2D eigenvalue weighted by Gasteiger charge is 2.46. The summed E-state index contributed by atoms with van der Waals surface area (Å²) in [5, 5.41) is 14.5. The van der Waals surface area contributed by atoms with Gasteiger partial charge in [-0.15, -0.1) is 0 Å². The van der Waals surface area contributed by atoms with Crippen molar-refractivity contribution >= 4 is 43.5 Å². The lowest BCUT2D eigenvalue weighted by Gasteiger charge is -2.20. The zero-order valence-electron chi connectivity index (χ0n) is 24.4. The molecular formula is C36H29N3O5S. The molecule has 1 saturated carbocycles. The first-order chi connectivity index (χ1) is 21.6.